The van der Waals surface area contributed by atoms with Crippen molar-refractivity contribution in [2.24, 2.45) is 0 Å². The number of carbonyl (C=O) groups excluding carboxylic acids is 2. The third-order valence-corrected chi connectivity index (χ3v) is 3.12. The molecule has 2 aromatic carbocycles. The van der Waals surface area contributed by atoms with E-state index in [2.05, 4.69) is 10.6 Å². The molecule has 0 saturated carbocycles. The topological polar surface area (TPSA) is 95.5 Å². The van der Waals surface area contributed by atoms with Crippen LogP contribution in [0.1, 0.15) is 26.3 Å². The van der Waals surface area contributed by atoms with Crippen molar-refractivity contribution in [3.63, 3.8) is 0 Å². The Kier molecular flexibility index (Phi) is 5.09. The third kappa shape index (κ3) is 4.67. The van der Waals surface area contributed by atoms with Crippen molar-refractivity contribution in [2.45, 2.75) is 6.92 Å². The van der Waals surface area contributed by atoms with Crippen LogP contribution in [0, 0.1) is 6.92 Å². The smallest absolute Gasteiger partial charge is 0.322 e. The molecule has 0 aliphatic heterocycles. The minimum Gasteiger partial charge on any atom is -0.480 e. The van der Waals surface area contributed by atoms with Crippen molar-refractivity contribution in [2.75, 3.05) is 11.9 Å². The summed E-state index contributed by atoms with van der Waals surface area (Å²) < 4.78 is 0. The van der Waals surface area contributed by atoms with E-state index in [1.807, 2.05) is 19.1 Å². The van der Waals surface area contributed by atoms with E-state index in [1.54, 1.807) is 24.3 Å². The molecule has 0 aromatic heterocycles. The highest BCUT2D eigenvalue weighted by Gasteiger charge is 2.09. The van der Waals surface area contributed by atoms with E-state index in [0.717, 1.165) is 5.56 Å². The number of carboxylic acid groups (broad SMARTS) is 1. The molecule has 118 valence electrons. The number of nitrogens with one attached hydrogen (secondary N) is 2. The lowest BCUT2D eigenvalue weighted by Crippen LogP contribution is -2.29. The zero-order valence-corrected chi connectivity index (χ0v) is 12.5. The first-order valence-electron chi connectivity index (χ1n) is 6.94. The maximum atomic E-state index is 12.1. The van der Waals surface area contributed by atoms with Gasteiger partial charge in [0.05, 0.1) is 0 Å². The normalized spacial score (nSPS) is 9.96. The second-order valence-electron chi connectivity index (χ2n) is 4.97. The van der Waals surface area contributed by atoms with Crippen LogP contribution in [0.2, 0.25) is 0 Å². The Morgan fingerprint density at radius 2 is 1.39 bits per heavy atom. The Bertz CT molecular complexity index is 721. The van der Waals surface area contributed by atoms with Gasteiger partial charge in [0.15, 0.2) is 0 Å². The molecule has 0 atom stereocenters. The van der Waals surface area contributed by atoms with Gasteiger partial charge >= 0.3 is 5.97 Å². The Morgan fingerprint density at radius 1 is 0.870 bits per heavy atom. The van der Waals surface area contributed by atoms with E-state index in [-0.39, 0.29) is 5.91 Å². The van der Waals surface area contributed by atoms with Crippen LogP contribution in [0.25, 0.3) is 0 Å². The fraction of sp³-hybridized carbons (Fsp3) is 0.118. The van der Waals surface area contributed by atoms with Crippen molar-refractivity contribution < 1.29 is 19.5 Å². The van der Waals surface area contributed by atoms with Crippen molar-refractivity contribution >= 4 is 23.5 Å². The minimum atomic E-state index is -1.11. The first kappa shape index (κ1) is 16.2. The second kappa shape index (κ2) is 7.22. The molecule has 6 heteroatoms. The predicted octanol–water partition coefficient (Wildman–Crippen LogP) is 2.06. The summed E-state index contributed by atoms with van der Waals surface area (Å²) in [5.41, 5.74) is 2.47. The second-order valence-corrected chi connectivity index (χ2v) is 4.97. The number of hydrogen-bond acceptors (Lipinski definition) is 3. The number of carboxylic acids is 1. The van der Waals surface area contributed by atoms with E-state index < -0.39 is 18.4 Å². The number of rotatable bonds is 5. The van der Waals surface area contributed by atoms with Crippen LogP contribution in [0.5, 0.6) is 0 Å². The summed E-state index contributed by atoms with van der Waals surface area (Å²) >= 11 is 0. The maximum Gasteiger partial charge on any atom is 0.322 e. The Balaban J connectivity index is 1.99. The van der Waals surface area contributed by atoms with Crippen LogP contribution >= 0.6 is 0 Å². The quantitative estimate of drug-likeness (QED) is 0.787. The van der Waals surface area contributed by atoms with Gasteiger partial charge < -0.3 is 15.7 Å². The van der Waals surface area contributed by atoms with Crippen LogP contribution < -0.4 is 10.6 Å². The van der Waals surface area contributed by atoms with E-state index in [4.69, 9.17) is 5.11 Å². The molecule has 0 aliphatic carbocycles. The number of hydrogen-bond donors (Lipinski definition) is 3. The van der Waals surface area contributed by atoms with Gasteiger partial charge in [-0.1, -0.05) is 17.7 Å². The molecule has 0 radical (unpaired) electrons. The molecule has 6 nitrogen and oxygen atoms in total. The van der Waals surface area contributed by atoms with Crippen molar-refractivity contribution in [1.29, 1.82) is 0 Å². The average Bonchev–Trinajstić information content (AvgIpc) is 2.54. The summed E-state index contributed by atoms with van der Waals surface area (Å²) in [6.07, 6.45) is 0. The molecule has 2 amide bonds. The predicted molar refractivity (Wildman–Crippen MR) is 85.5 cm³/mol. The Hall–Kier alpha value is -3.15. The fourth-order valence-corrected chi connectivity index (χ4v) is 1.87. The minimum absolute atomic E-state index is 0.243. The van der Waals surface area contributed by atoms with Crippen molar-refractivity contribution in [3.05, 3.63) is 65.2 Å². The third-order valence-electron chi connectivity index (χ3n) is 3.12. The monoisotopic (exact) mass is 312 g/mol. The Morgan fingerprint density at radius 3 is 1.96 bits per heavy atom. The highest BCUT2D eigenvalue weighted by Crippen LogP contribution is 2.12. The van der Waals surface area contributed by atoms with Gasteiger partial charge in [-0.05, 0) is 43.3 Å². The van der Waals surface area contributed by atoms with Gasteiger partial charge in [0.25, 0.3) is 11.8 Å². The molecule has 0 spiro atoms. The van der Waals surface area contributed by atoms with Gasteiger partial charge in [-0.3, -0.25) is 14.4 Å². The van der Waals surface area contributed by atoms with E-state index in [0.29, 0.717) is 16.8 Å². The lowest BCUT2D eigenvalue weighted by Gasteiger charge is -2.07. The summed E-state index contributed by atoms with van der Waals surface area (Å²) in [6, 6.07) is 13.4. The van der Waals surface area contributed by atoms with Crippen LogP contribution in [-0.4, -0.2) is 29.4 Å². The number of aryl methyl sites for hydroxylation is 1. The molecule has 2 rings (SSSR count). The molecule has 0 aliphatic rings. The first-order chi connectivity index (χ1) is 11.0. The summed E-state index contributed by atoms with van der Waals surface area (Å²) in [4.78, 5) is 34.1. The van der Waals surface area contributed by atoms with E-state index >= 15 is 0 Å². The number of anilines is 1. The van der Waals surface area contributed by atoms with Crippen LogP contribution in [0.3, 0.4) is 0 Å². The summed E-state index contributed by atoms with van der Waals surface area (Å²) in [5.74, 6) is -1.84. The average molecular weight is 312 g/mol. The molecule has 0 saturated heterocycles. The van der Waals surface area contributed by atoms with E-state index in [1.165, 1.54) is 12.1 Å². The molecular formula is C17H16N2O4. The van der Waals surface area contributed by atoms with Gasteiger partial charge in [0.1, 0.15) is 6.54 Å². The molecule has 2 aromatic rings. The number of aliphatic carboxylic acids is 1. The molecule has 3 N–H and O–H groups in total. The van der Waals surface area contributed by atoms with Gasteiger partial charge in [-0.15, -0.1) is 0 Å². The van der Waals surface area contributed by atoms with Crippen molar-refractivity contribution in [3.8, 4) is 0 Å². The molecule has 0 heterocycles. The van der Waals surface area contributed by atoms with Crippen LogP contribution in [-0.2, 0) is 4.79 Å². The SMILES string of the molecule is Cc1ccc(C(=O)Nc2ccc(C(=O)NCC(=O)O)cc2)cc1. The van der Waals surface area contributed by atoms with Crippen LogP contribution in [0.4, 0.5) is 5.69 Å². The number of benzene rings is 2. The van der Waals surface area contributed by atoms with Gasteiger partial charge in [-0.25, -0.2) is 0 Å². The highest BCUT2D eigenvalue weighted by molar-refractivity contribution is 6.04. The zero-order chi connectivity index (χ0) is 16.8. The number of carbonyl (C=O) groups is 3. The molecular weight excluding hydrogens is 296 g/mol. The van der Waals surface area contributed by atoms with Crippen LogP contribution in [0.15, 0.2) is 48.5 Å². The largest absolute Gasteiger partial charge is 0.480 e. The molecule has 0 bridgehead atoms. The standard InChI is InChI=1S/C17H16N2O4/c1-11-2-4-13(5-3-11)17(23)19-14-8-6-12(7-9-14)16(22)18-10-15(20)21/h2-9H,10H2,1H3,(H,18,22)(H,19,23)(H,20,21). The number of amides is 2. The van der Waals surface area contributed by atoms with Gasteiger partial charge in [0, 0.05) is 16.8 Å². The van der Waals surface area contributed by atoms with Gasteiger partial charge in [-0.2, -0.15) is 0 Å². The lowest BCUT2D eigenvalue weighted by molar-refractivity contribution is -0.135. The zero-order valence-electron chi connectivity index (χ0n) is 12.5. The summed E-state index contributed by atoms with van der Waals surface area (Å²) in [6.45, 7) is 1.50. The van der Waals surface area contributed by atoms with E-state index in [9.17, 15) is 14.4 Å². The van der Waals surface area contributed by atoms with Crippen molar-refractivity contribution in [1.82, 2.24) is 5.32 Å². The Labute approximate surface area is 133 Å². The lowest BCUT2D eigenvalue weighted by atomic mass is 10.1. The molecule has 23 heavy (non-hydrogen) atoms. The highest BCUT2D eigenvalue weighted by atomic mass is 16.4. The van der Waals surface area contributed by atoms with Gasteiger partial charge in [0.2, 0.25) is 0 Å². The summed E-state index contributed by atoms with van der Waals surface area (Å²) in [5, 5.41) is 13.5. The molecule has 0 unspecified atom stereocenters. The fourth-order valence-electron chi connectivity index (χ4n) is 1.87. The maximum absolute atomic E-state index is 12.1. The molecule has 0 fully saturated rings. The first-order valence-corrected chi connectivity index (χ1v) is 6.94. The summed E-state index contributed by atoms with van der Waals surface area (Å²) in [7, 11) is 0.